The van der Waals surface area contributed by atoms with Crippen LogP contribution >= 0.6 is 12.4 Å². The lowest BCUT2D eigenvalue weighted by molar-refractivity contribution is 0.361. The van der Waals surface area contributed by atoms with Crippen LogP contribution in [0.1, 0.15) is 30.9 Å². The van der Waals surface area contributed by atoms with Gasteiger partial charge in [0, 0.05) is 12.1 Å². The summed E-state index contributed by atoms with van der Waals surface area (Å²) in [5, 5.41) is 3.28. The van der Waals surface area contributed by atoms with Gasteiger partial charge in [-0.2, -0.15) is 0 Å². The van der Waals surface area contributed by atoms with Crippen LogP contribution in [-0.4, -0.2) is 27.0 Å². The number of piperidine rings is 1. The fourth-order valence-corrected chi connectivity index (χ4v) is 4.04. The number of rotatable bonds is 3. The molecular weight excluding hydrogens is 315 g/mol. The smallest absolute Gasteiger partial charge is 0.240 e. The van der Waals surface area contributed by atoms with E-state index in [0.29, 0.717) is 17.2 Å². The van der Waals surface area contributed by atoms with Crippen LogP contribution in [0.5, 0.6) is 0 Å². The summed E-state index contributed by atoms with van der Waals surface area (Å²) >= 11 is 0. The molecule has 0 saturated carbocycles. The first-order valence-electron chi connectivity index (χ1n) is 6.82. The highest BCUT2D eigenvalue weighted by atomic mass is 35.5. The van der Waals surface area contributed by atoms with Crippen molar-refractivity contribution in [3.63, 3.8) is 0 Å². The third-order valence-corrected chi connectivity index (χ3v) is 5.17. The number of halogens is 2. The van der Waals surface area contributed by atoms with Gasteiger partial charge in [0.15, 0.2) is 0 Å². The van der Waals surface area contributed by atoms with Gasteiger partial charge in [0.2, 0.25) is 10.0 Å². The second-order valence-corrected chi connectivity index (χ2v) is 7.28. The van der Waals surface area contributed by atoms with Gasteiger partial charge in [-0.15, -0.1) is 12.4 Å². The van der Waals surface area contributed by atoms with Crippen molar-refractivity contribution in [3.8, 4) is 0 Å². The normalized spacial score (nSPS) is 22.7. The molecule has 1 heterocycles. The molecule has 0 amide bonds. The molecule has 120 valence electrons. The Morgan fingerprint density at radius 2 is 1.86 bits per heavy atom. The van der Waals surface area contributed by atoms with Crippen LogP contribution in [-0.2, 0) is 10.0 Å². The van der Waals surface area contributed by atoms with Gasteiger partial charge < -0.3 is 5.32 Å². The molecular formula is C14H22ClFN2O2S. The lowest BCUT2D eigenvalue weighted by Gasteiger charge is -2.28. The van der Waals surface area contributed by atoms with Gasteiger partial charge in [-0.3, -0.25) is 0 Å². The molecule has 21 heavy (non-hydrogen) atoms. The first-order valence-corrected chi connectivity index (χ1v) is 8.30. The summed E-state index contributed by atoms with van der Waals surface area (Å²) in [6, 6.07) is 3.00. The molecule has 2 unspecified atom stereocenters. The number of hydrogen-bond acceptors (Lipinski definition) is 3. The molecule has 2 rings (SSSR count). The van der Waals surface area contributed by atoms with Crippen molar-refractivity contribution >= 4 is 22.4 Å². The van der Waals surface area contributed by atoms with Crippen LogP contribution < -0.4 is 10.0 Å². The van der Waals surface area contributed by atoms with Gasteiger partial charge in [-0.1, -0.05) is 0 Å². The van der Waals surface area contributed by atoms with E-state index in [2.05, 4.69) is 10.0 Å². The molecule has 0 aliphatic carbocycles. The monoisotopic (exact) mass is 336 g/mol. The zero-order valence-corrected chi connectivity index (χ0v) is 14.1. The van der Waals surface area contributed by atoms with Crippen molar-refractivity contribution in [1.82, 2.24) is 10.0 Å². The number of hydrogen-bond donors (Lipinski definition) is 2. The average molecular weight is 337 g/mol. The zero-order chi connectivity index (χ0) is 14.9. The number of sulfonamides is 1. The summed E-state index contributed by atoms with van der Waals surface area (Å²) in [6.45, 7) is 5.99. The summed E-state index contributed by atoms with van der Waals surface area (Å²) in [6.07, 6.45) is 1.53. The van der Waals surface area contributed by atoms with Crippen LogP contribution in [0.25, 0.3) is 0 Å². The molecule has 1 aliphatic rings. The van der Waals surface area contributed by atoms with Gasteiger partial charge in [-0.25, -0.2) is 17.5 Å². The van der Waals surface area contributed by atoms with Crippen molar-refractivity contribution in [2.75, 3.05) is 6.54 Å². The molecule has 7 heteroatoms. The Hall–Kier alpha value is -0.690. The highest BCUT2D eigenvalue weighted by Gasteiger charge is 2.25. The minimum absolute atomic E-state index is 0. The van der Waals surface area contributed by atoms with E-state index in [4.69, 9.17) is 0 Å². The molecule has 1 aromatic carbocycles. The third-order valence-electron chi connectivity index (χ3n) is 3.67. The van der Waals surface area contributed by atoms with Crippen LogP contribution in [0.2, 0.25) is 0 Å². The predicted octanol–water partition coefficient (Wildman–Crippen LogP) is 2.28. The lowest BCUT2D eigenvalue weighted by atomic mass is 10.0. The second-order valence-electron chi connectivity index (χ2n) is 5.57. The Bertz CT molecular complexity index is 584. The number of benzene rings is 1. The van der Waals surface area contributed by atoms with Gasteiger partial charge in [0.1, 0.15) is 5.82 Å². The topological polar surface area (TPSA) is 58.2 Å². The van der Waals surface area contributed by atoms with Gasteiger partial charge >= 0.3 is 0 Å². The Balaban J connectivity index is 0.00000220. The molecule has 2 atom stereocenters. The second kappa shape index (κ2) is 7.05. The van der Waals surface area contributed by atoms with Crippen LogP contribution in [0.3, 0.4) is 0 Å². The number of aryl methyl sites for hydroxylation is 2. The molecule has 4 nitrogen and oxygen atoms in total. The fraction of sp³-hybridized carbons (Fsp3) is 0.571. The van der Waals surface area contributed by atoms with Gasteiger partial charge in [0.05, 0.1) is 4.90 Å². The Morgan fingerprint density at radius 1 is 1.29 bits per heavy atom. The largest absolute Gasteiger partial charge is 0.314 e. The molecule has 0 bridgehead atoms. The highest BCUT2D eigenvalue weighted by Crippen LogP contribution is 2.20. The predicted molar refractivity (Wildman–Crippen MR) is 83.9 cm³/mol. The molecule has 0 radical (unpaired) electrons. The van der Waals surface area contributed by atoms with Crippen molar-refractivity contribution in [2.24, 2.45) is 0 Å². The van der Waals surface area contributed by atoms with E-state index in [9.17, 15) is 12.8 Å². The molecule has 2 N–H and O–H groups in total. The maximum Gasteiger partial charge on any atom is 0.240 e. The zero-order valence-electron chi connectivity index (χ0n) is 12.4. The van der Waals surface area contributed by atoms with Gasteiger partial charge in [0.25, 0.3) is 0 Å². The van der Waals surface area contributed by atoms with Crippen LogP contribution in [0.4, 0.5) is 4.39 Å². The molecule has 1 aromatic rings. The maximum atomic E-state index is 13.6. The van der Waals surface area contributed by atoms with E-state index in [0.717, 1.165) is 19.4 Å². The van der Waals surface area contributed by atoms with Crippen molar-refractivity contribution in [1.29, 1.82) is 0 Å². The van der Waals surface area contributed by atoms with E-state index in [1.807, 2.05) is 6.92 Å². The van der Waals surface area contributed by atoms with E-state index in [1.165, 1.54) is 12.1 Å². The van der Waals surface area contributed by atoms with Crippen molar-refractivity contribution < 1.29 is 12.8 Å². The summed E-state index contributed by atoms with van der Waals surface area (Å²) in [4.78, 5) is 0.139. The van der Waals surface area contributed by atoms with E-state index < -0.39 is 10.0 Å². The summed E-state index contributed by atoms with van der Waals surface area (Å²) in [5.41, 5.74) is 0.702. The molecule has 1 fully saturated rings. The minimum atomic E-state index is -3.59. The Labute approximate surface area is 132 Å². The van der Waals surface area contributed by atoms with Crippen molar-refractivity contribution in [2.45, 2.75) is 50.6 Å². The summed E-state index contributed by atoms with van der Waals surface area (Å²) in [7, 11) is -3.59. The standard InChI is InChI=1S/C14H21FN2O2S.ClH/c1-9-6-13(7-10(2)14(9)15)20(18,19)17-12-4-5-16-11(3)8-12;/h6-7,11-12,16-17H,4-5,8H2,1-3H3;1H. The molecule has 1 saturated heterocycles. The first kappa shape index (κ1) is 18.4. The molecule has 0 aromatic heterocycles. The molecule has 0 spiro atoms. The fourth-order valence-electron chi connectivity index (χ4n) is 2.59. The Kier molecular flexibility index (Phi) is 6.16. The average Bonchev–Trinajstić information content (AvgIpc) is 2.34. The SMILES string of the molecule is Cc1cc(S(=O)(=O)NC2CCNC(C)C2)cc(C)c1F.Cl. The van der Waals surface area contributed by atoms with Gasteiger partial charge in [-0.05, 0) is 63.4 Å². The quantitative estimate of drug-likeness (QED) is 0.890. The lowest BCUT2D eigenvalue weighted by Crippen LogP contribution is -2.46. The van der Waals surface area contributed by atoms with E-state index >= 15 is 0 Å². The summed E-state index contributed by atoms with van der Waals surface area (Å²) < 4.78 is 41.0. The maximum absolute atomic E-state index is 13.6. The van der Waals surface area contributed by atoms with Crippen LogP contribution in [0.15, 0.2) is 17.0 Å². The van der Waals surface area contributed by atoms with Crippen molar-refractivity contribution in [3.05, 3.63) is 29.1 Å². The third kappa shape index (κ3) is 4.39. The Morgan fingerprint density at radius 3 is 2.38 bits per heavy atom. The van der Waals surface area contributed by atoms with E-state index in [-0.39, 0.29) is 29.2 Å². The highest BCUT2D eigenvalue weighted by molar-refractivity contribution is 7.89. The number of nitrogens with one attached hydrogen (secondary N) is 2. The minimum Gasteiger partial charge on any atom is -0.314 e. The van der Waals surface area contributed by atoms with E-state index in [1.54, 1.807) is 13.8 Å². The summed E-state index contributed by atoms with van der Waals surface area (Å²) in [5.74, 6) is -0.348. The van der Waals surface area contributed by atoms with Crippen LogP contribution in [0, 0.1) is 19.7 Å². The molecule has 1 aliphatic heterocycles. The first-order chi connectivity index (χ1) is 9.29.